The Balaban J connectivity index is 2.50. The van der Waals surface area contributed by atoms with E-state index in [0.717, 1.165) is 0 Å². The quantitative estimate of drug-likeness (QED) is 0.387. The predicted molar refractivity (Wildman–Crippen MR) is 88.8 cm³/mol. The first-order valence-electron chi connectivity index (χ1n) is 8.12. The molecule has 1 aromatic rings. The number of hydrogen-bond donors (Lipinski definition) is 5. The van der Waals surface area contributed by atoms with Gasteiger partial charge < -0.3 is 35.2 Å². The lowest BCUT2D eigenvalue weighted by atomic mass is 9.89. The molecular formula is C17H25NO7. The summed E-state index contributed by atoms with van der Waals surface area (Å²) < 4.78 is 5.39. The van der Waals surface area contributed by atoms with Crippen molar-refractivity contribution in [1.82, 2.24) is 4.90 Å². The molecule has 8 heteroatoms. The SMILES string of the molecule is CC1CCC(c2c(O)c(O)c(O)c(O)c2O)N(C(=O)OC(C)(C)C)C1. The van der Waals surface area contributed by atoms with Gasteiger partial charge in [0.1, 0.15) is 5.60 Å². The molecule has 1 aliphatic heterocycles. The molecule has 5 N–H and O–H groups in total. The van der Waals surface area contributed by atoms with E-state index in [1.807, 2.05) is 6.92 Å². The Hall–Kier alpha value is -2.51. The van der Waals surface area contributed by atoms with E-state index in [1.165, 1.54) is 4.90 Å². The molecule has 0 aliphatic carbocycles. The fraction of sp³-hybridized carbons (Fsp3) is 0.588. The minimum atomic E-state index is -1.02. The van der Waals surface area contributed by atoms with Crippen LogP contribution >= 0.6 is 0 Å². The van der Waals surface area contributed by atoms with E-state index >= 15 is 0 Å². The molecule has 1 aliphatic rings. The van der Waals surface area contributed by atoms with Gasteiger partial charge in [-0.1, -0.05) is 6.92 Å². The Morgan fingerprint density at radius 2 is 1.44 bits per heavy atom. The van der Waals surface area contributed by atoms with Crippen LogP contribution in [0.2, 0.25) is 0 Å². The molecule has 0 radical (unpaired) electrons. The fourth-order valence-electron chi connectivity index (χ4n) is 2.99. The molecule has 2 unspecified atom stereocenters. The second-order valence-corrected chi connectivity index (χ2v) is 7.49. The van der Waals surface area contributed by atoms with Crippen LogP contribution in [0.4, 0.5) is 4.79 Å². The van der Waals surface area contributed by atoms with Crippen LogP contribution in [0.5, 0.6) is 28.7 Å². The van der Waals surface area contributed by atoms with Gasteiger partial charge in [-0.2, -0.15) is 0 Å². The zero-order valence-electron chi connectivity index (χ0n) is 14.8. The van der Waals surface area contributed by atoms with E-state index in [1.54, 1.807) is 20.8 Å². The van der Waals surface area contributed by atoms with Gasteiger partial charge in [-0.3, -0.25) is 0 Å². The minimum Gasteiger partial charge on any atom is -0.504 e. The molecule has 1 amide bonds. The number of likely N-dealkylation sites (tertiary alicyclic amines) is 1. The van der Waals surface area contributed by atoms with Crippen molar-refractivity contribution >= 4 is 6.09 Å². The number of carbonyl (C=O) groups is 1. The maximum Gasteiger partial charge on any atom is 0.410 e. The summed E-state index contributed by atoms with van der Waals surface area (Å²) in [5, 5.41) is 49.4. The van der Waals surface area contributed by atoms with E-state index in [2.05, 4.69) is 0 Å². The predicted octanol–water partition coefficient (Wildman–Crippen LogP) is 2.92. The smallest absolute Gasteiger partial charge is 0.410 e. The lowest BCUT2D eigenvalue weighted by Crippen LogP contribution is -2.44. The van der Waals surface area contributed by atoms with Crippen LogP contribution in [0.25, 0.3) is 0 Å². The maximum atomic E-state index is 12.6. The van der Waals surface area contributed by atoms with Gasteiger partial charge in [0.2, 0.25) is 17.2 Å². The van der Waals surface area contributed by atoms with Crippen molar-refractivity contribution in [3.8, 4) is 28.7 Å². The largest absolute Gasteiger partial charge is 0.504 e. The number of aromatic hydroxyl groups is 5. The number of phenolic OH excluding ortho intramolecular Hbond substituents is 5. The maximum absolute atomic E-state index is 12.6. The molecule has 0 aromatic heterocycles. The van der Waals surface area contributed by atoms with Gasteiger partial charge in [-0.15, -0.1) is 0 Å². The van der Waals surface area contributed by atoms with Crippen LogP contribution < -0.4 is 0 Å². The van der Waals surface area contributed by atoms with Gasteiger partial charge >= 0.3 is 6.09 Å². The summed E-state index contributed by atoms with van der Waals surface area (Å²) >= 11 is 0. The summed E-state index contributed by atoms with van der Waals surface area (Å²) in [6.07, 6.45) is 0.450. The molecule has 0 saturated carbocycles. The average molecular weight is 355 g/mol. The molecular weight excluding hydrogens is 330 g/mol. The normalized spacial score (nSPS) is 21.2. The summed E-state index contributed by atoms with van der Waals surface area (Å²) in [6.45, 7) is 7.45. The van der Waals surface area contributed by atoms with E-state index in [-0.39, 0.29) is 11.5 Å². The van der Waals surface area contributed by atoms with Gasteiger partial charge in [-0.05, 0) is 39.5 Å². The van der Waals surface area contributed by atoms with Gasteiger partial charge in [0.25, 0.3) is 0 Å². The topological polar surface area (TPSA) is 131 Å². The van der Waals surface area contributed by atoms with Crippen LogP contribution in [0.15, 0.2) is 0 Å². The second kappa shape index (κ2) is 6.42. The van der Waals surface area contributed by atoms with Crippen molar-refractivity contribution in [2.75, 3.05) is 6.54 Å². The monoisotopic (exact) mass is 355 g/mol. The molecule has 2 atom stereocenters. The number of ether oxygens (including phenoxy) is 1. The molecule has 1 fully saturated rings. The average Bonchev–Trinajstić information content (AvgIpc) is 2.50. The molecule has 140 valence electrons. The summed E-state index contributed by atoms with van der Waals surface area (Å²) in [5.41, 5.74) is -0.948. The number of benzene rings is 1. The zero-order chi connectivity index (χ0) is 19.1. The van der Waals surface area contributed by atoms with Crippen molar-refractivity contribution in [2.24, 2.45) is 5.92 Å². The van der Waals surface area contributed by atoms with Gasteiger partial charge in [-0.25, -0.2) is 4.79 Å². The summed E-state index contributed by atoms with van der Waals surface area (Å²) in [5.74, 6) is -4.30. The highest BCUT2D eigenvalue weighted by Crippen LogP contribution is 2.55. The Morgan fingerprint density at radius 1 is 0.960 bits per heavy atom. The van der Waals surface area contributed by atoms with E-state index in [4.69, 9.17) is 4.74 Å². The third kappa shape index (κ3) is 3.62. The molecule has 2 rings (SSSR count). The highest BCUT2D eigenvalue weighted by atomic mass is 16.6. The first-order chi connectivity index (χ1) is 11.4. The third-order valence-electron chi connectivity index (χ3n) is 4.19. The number of nitrogens with zero attached hydrogens (tertiary/aromatic N) is 1. The van der Waals surface area contributed by atoms with Crippen molar-refractivity contribution < 1.29 is 35.1 Å². The number of carbonyl (C=O) groups excluding carboxylic acids is 1. The van der Waals surface area contributed by atoms with E-state index in [9.17, 15) is 30.3 Å². The van der Waals surface area contributed by atoms with Gasteiger partial charge in [0, 0.05) is 6.54 Å². The van der Waals surface area contributed by atoms with Crippen LogP contribution in [-0.2, 0) is 4.74 Å². The van der Waals surface area contributed by atoms with Crippen molar-refractivity contribution in [2.45, 2.75) is 52.2 Å². The summed E-state index contributed by atoms with van der Waals surface area (Å²) in [6, 6.07) is -0.816. The van der Waals surface area contributed by atoms with E-state index in [0.29, 0.717) is 19.4 Å². The Bertz CT molecular complexity index is 652. The number of piperidine rings is 1. The number of hydrogen-bond acceptors (Lipinski definition) is 7. The fourth-order valence-corrected chi connectivity index (χ4v) is 2.99. The zero-order valence-corrected chi connectivity index (χ0v) is 14.8. The van der Waals surface area contributed by atoms with Crippen LogP contribution in [-0.4, -0.2) is 48.7 Å². The van der Waals surface area contributed by atoms with E-state index < -0.39 is 46.5 Å². The van der Waals surface area contributed by atoms with Crippen molar-refractivity contribution in [3.63, 3.8) is 0 Å². The highest BCUT2D eigenvalue weighted by Gasteiger charge is 2.38. The lowest BCUT2D eigenvalue weighted by Gasteiger charge is -2.39. The molecule has 25 heavy (non-hydrogen) atoms. The summed E-state index contributed by atoms with van der Waals surface area (Å²) in [4.78, 5) is 13.9. The molecule has 1 aromatic carbocycles. The minimum absolute atomic E-state index is 0.173. The summed E-state index contributed by atoms with van der Waals surface area (Å²) in [7, 11) is 0. The molecule has 8 nitrogen and oxygen atoms in total. The Kier molecular flexibility index (Phi) is 4.83. The number of phenols is 5. The second-order valence-electron chi connectivity index (χ2n) is 7.49. The first kappa shape index (κ1) is 18.8. The molecule has 0 spiro atoms. The standard InChI is InChI=1S/C17H25NO7/c1-8-5-6-9(18(7-8)16(24)25-17(2,3)4)10-11(19)13(21)15(23)14(22)12(10)20/h8-9,19-23H,5-7H2,1-4H3. The Labute approximate surface area is 145 Å². The van der Waals surface area contributed by atoms with Crippen molar-refractivity contribution in [3.05, 3.63) is 5.56 Å². The molecule has 1 heterocycles. The van der Waals surface area contributed by atoms with Crippen molar-refractivity contribution in [1.29, 1.82) is 0 Å². The highest BCUT2D eigenvalue weighted by molar-refractivity contribution is 5.72. The van der Waals surface area contributed by atoms with Crippen LogP contribution in [0.3, 0.4) is 0 Å². The first-order valence-corrected chi connectivity index (χ1v) is 8.12. The lowest BCUT2D eigenvalue weighted by molar-refractivity contribution is 0.00303. The third-order valence-corrected chi connectivity index (χ3v) is 4.19. The molecule has 1 saturated heterocycles. The van der Waals surface area contributed by atoms with Crippen LogP contribution in [0, 0.1) is 5.92 Å². The molecule has 0 bridgehead atoms. The van der Waals surface area contributed by atoms with Crippen LogP contribution in [0.1, 0.15) is 52.1 Å². The number of rotatable bonds is 1. The van der Waals surface area contributed by atoms with Gasteiger partial charge in [0.15, 0.2) is 11.5 Å². The number of amides is 1. The Morgan fingerprint density at radius 3 is 1.92 bits per heavy atom. The van der Waals surface area contributed by atoms with Gasteiger partial charge in [0.05, 0.1) is 11.6 Å².